The quantitative estimate of drug-likeness (QED) is 0.431. The highest BCUT2D eigenvalue weighted by Crippen LogP contribution is 2.15. The van der Waals surface area contributed by atoms with Crippen molar-refractivity contribution in [1.82, 2.24) is 15.1 Å². The fourth-order valence-electron chi connectivity index (χ4n) is 0.953. The topological polar surface area (TPSA) is 43.8 Å². The van der Waals surface area contributed by atoms with E-state index in [1.165, 1.54) is 0 Å². The van der Waals surface area contributed by atoms with Gasteiger partial charge in [-0.15, -0.1) is 4.68 Å². The average Bonchev–Trinajstić information content (AvgIpc) is 2.42. The van der Waals surface area contributed by atoms with E-state index in [1.54, 1.807) is 23.5 Å². The zero-order valence-electron chi connectivity index (χ0n) is 10.3. The summed E-state index contributed by atoms with van der Waals surface area (Å²) in [6.07, 6.45) is 0. The smallest absolute Gasteiger partial charge is 0.443 e. The van der Waals surface area contributed by atoms with Crippen molar-refractivity contribution in [1.29, 1.82) is 0 Å². The van der Waals surface area contributed by atoms with Gasteiger partial charge in [0.05, 0.1) is 14.2 Å². The fraction of sp³-hybridized carbons (Fsp3) is 0.857. The Bertz CT molecular complexity index is 354. The summed E-state index contributed by atoms with van der Waals surface area (Å²) in [5.74, 6) is 0. The van der Waals surface area contributed by atoms with Gasteiger partial charge in [0.1, 0.15) is 10.8 Å². The number of aryl methyl sites for hydroxylation is 1. The van der Waals surface area contributed by atoms with Crippen LogP contribution in [-0.4, -0.2) is 29.5 Å². The van der Waals surface area contributed by atoms with Gasteiger partial charge in [0.25, 0.3) is 0 Å². The van der Waals surface area contributed by atoms with E-state index in [-0.39, 0.29) is 5.54 Å². The molecule has 0 radical (unpaired) electrons. The summed E-state index contributed by atoms with van der Waals surface area (Å²) in [4.78, 5) is 0. The molecule has 0 atom stereocenters. The van der Waals surface area contributed by atoms with Gasteiger partial charge in [-0.25, -0.2) is 0 Å². The maximum Gasteiger partial charge on any atom is 0.673 e. The van der Waals surface area contributed by atoms with E-state index in [0.717, 1.165) is 0 Å². The van der Waals surface area contributed by atoms with E-state index in [1.807, 2.05) is 20.8 Å². The van der Waals surface area contributed by atoms with Crippen molar-refractivity contribution in [2.75, 3.05) is 7.11 Å². The highest BCUT2D eigenvalue weighted by atomic mass is 19.5. The highest BCUT2D eigenvalue weighted by molar-refractivity contribution is 6.50. The number of hydrogen-bond acceptors (Lipinski definition) is 3. The van der Waals surface area contributed by atoms with Crippen molar-refractivity contribution in [2.45, 2.75) is 26.3 Å². The first-order valence-corrected chi connectivity index (χ1v) is 4.70. The van der Waals surface area contributed by atoms with Crippen molar-refractivity contribution in [3.05, 3.63) is 0 Å². The van der Waals surface area contributed by atoms with Crippen LogP contribution in [0.5, 0.6) is 6.01 Å². The normalized spacial score (nSPS) is 11.8. The van der Waals surface area contributed by atoms with Gasteiger partial charge in [-0.2, -0.15) is 0 Å². The van der Waals surface area contributed by atoms with E-state index in [0.29, 0.717) is 6.01 Å². The average molecular weight is 258 g/mol. The van der Waals surface area contributed by atoms with Crippen LogP contribution in [0.4, 0.5) is 17.3 Å². The number of hydrogen-bond donors (Lipinski definition) is 0. The van der Waals surface area contributed by atoms with Crippen LogP contribution >= 0.6 is 0 Å². The Morgan fingerprint density at radius 3 is 1.88 bits per heavy atom. The molecule has 0 bridgehead atoms. The van der Waals surface area contributed by atoms with Gasteiger partial charge in [-0.3, -0.25) is 0 Å². The minimum absolute atomic E-state index is 0.0976. The first-order chi connectivity index (χ1) is 7.46. The second-order valence-electron chi connectivity index (χ2n) is 4.17. The number of nitrogens with zero attached hydrogens (tertiary/aromatic N) is 4. The van der Waals surface area contributed by atoms with Gasteiger partial charge < -0.3 is 22.0 Å². The Morgan fingerprint density at radius 2 is 1.65 bits per heavy atom. The highest BCUT2D eigenvalue weighted by Gasteiger charge is 2.30. The minimum Gasteiger partial charge on any atom is -0.443 e. The second-order valence-corrected chi connectivity index (χ2v) is 4.17. The molecule has 1 rings (SSSR count). The van der Waals surface area contributed by atoms with E-state index < -0.39 is 7.25 Å². The van der Waals surface area contributed by atoms with E-state index in [9.17, 15) is 17.3 Å². The van der Waals surface area contributed by atoms with E-state index in [4.69, 9.17) is 4.74 Å². The van der Waals surface area contributed by atoms with Gasteiger partial charge in [0, 0.05) is 0 Å². The summed E-state index contributed by atoms with van der Waals surface area (Å²) in [6.45, 7) is 6.14. The lowest BCUT2D eigenvalue weighted by Crippen LogP contribution is -2.34. The predicted octanol–water partition coefficient (Wildman–Crippen LogP) is 1.17. The molecule has 0 saturated heterocycles. The molecule has 0 amide bonds. The Labute approximate surface area is 96.5 Å². The summed E-state index contributed by atoms with van der Waals surface area (Å²) in [6, 6.07) is 0.655. The Kier molecular flexibility index (Phi) is 4.90. The fourth-order valence-corrected chi connectivity index (χ4v) is 0.953. The number of rotatable bonds is 1. The molecule has 0 fully saturated rings. The number of ether oxygens (including phenoxy) is 1. The molecule has 0 unspecified atom stereocenters. The lowest BCUT2D eigenvalue weighted by atomic mass is 10.1. The zero-order valence-corrected chi connectivity index (χ0v) is 10.3. The summed E-state index contributed by atoms with van der Waals surface area (Å²) in [7, 11) is -2.59. The first kappa shape index (κ1) is 15.7. The molecule has 0 saturated carbocycles. The summed E-state index contributed by atoms with van der Waals surface area (Å²) >= 11 is 0. The SMILES string of the molecule is COc1n(C(C)(C)C)nn[n+]1C.F[B-](F)(F)F. The van der Waals surface area contributed by atoms with Crippen LogP contribution in [-0.2, 0) is 12.6 Å². The van der Waals surface area contributed by atoms with Crippen molar-refractivity contribution >= 4 is 7.25 Å². The van der Waals surface area contributed by atoms with Gasteiger partial charge in [0.15, 0.2) is 5.21 Å². The van der Waals surface area contributed by atoms with Crippen molar-refractivity contribution < 1.29 is 26.7 Å². The molecule has 1 aromatic heterocycles. The predicted molar refractivity (Wildman–Crippen MR) is 52.9 cm³/mol. The lowest BCUT2D eigenvalue weighted by molar-refractivity contribution is -0.735. The van der Waals surface area contributed by atoms with Crippen LogP contribution in [0.2, 0.25) is 0 Å². The molecule has 0 aliphatic carbocycles. The van der Waals surface area contributed by atoms with E-state index in [2.05, 4.69) is 10.4 Å². The van der Waals surface area contributed by atoms with Crippen LogP contribution < -0.4 is 9.42 Å². The van der Waals surface area contributed by atoms with Crippen molar-refractivity contribution in [2.24, 2.45) is 7.05 Å². The van der Waals surface area contributed by atoms with Gasteiger partial charge >= 0.3 is 13.3 Å². The minimum atomic E-state index is -6.00. The molecular weight excluding hydrogens is 243 g/mol. The number of aromatic nitrogens is 4. The van der Waals surface area contributed by atoms with Crippen LogP contribution in [0.15, 0.2) is 0 Å². The Balaban J connectivity index is 0.000000437. The zero-order chi connectivity index (χ0) is 13.9. The third-order valence-electron chi connectivity index (χ3n) is 1.54. The summed E-state index contributed by atoms with van der Waals surface area (Å²) < 4.78 is 47.5. The molecule has 0 aromatic carbocycles. The summed E-state index contributed by atoms with van der Waals surface area (Å²) in [5, 5.41) is 7.82. The van der Waals surface area contributed by atoms with Crippen LogP contribution in [0.1, 0.15) is 20.8 Å². The third-order valence-corrected chi connectivity index (χ3v) is 1.54. The number of tetrazole rings is 1. The maximum atomic E-state index is 9.75. The Morgan fingerprint density at radius 1 is 1.24 bits per heavy atom. The maximum absolute atomic E-state index is 9.75. The molecule has 17 heavy (non-hydrogen) atoms. The molecule has 100 valence electrons. The molecule has 1 aromatic rings. The summed E-state index contributed by atoms with van der Waals surface area (Å²) in [5.41, 5.74) is -0.0976. The van der Waals surface area contributed by atoms with Crippen LogP contribution in [0.25, 0.3) is 0 Å². The Hall–Kier alpha value is -1.35. The standard InChI is InChI=1S/C7H15N4O.BF4/c1-7(2,3)11-6(12-5)10(4)8-9-11;2-1(3,4)5/h1-5H3;/q+1;-1. The van der Waals surface area contributed by atoms with E-state index >= 15 is 0 Å². The molecule has 0 N–H and O–H groups in total. The van der Waals surface area contributed by atoms with Crippen LogP contribution in [0, 0.1) is 0 Å². The number of methoxy groups -OCH3 is 1. The molecule has 1 heterocycles. The van der Waals surface area contributed by atoms with Crippen LogP contribution in [0.3, 0.4) is 0 Å². The second kappa shape index (κ2) is 5.32. The largest absolute Gasteiger partial charge is 0.673 e. The van der Waals surface area contributed by atoms with Crippen molar-refractivity contribution in [3.63, 3.8) is 0 Å². The molecule has 0 aliphatic heterocycles. The third kappa shape index (κ3) is 6.08. The molecule has 0 spiro atoms. The molecule has 0 aliphatic rings. The molecule has 5 nitrogen and oxygen atoms in total. The van der Waals surface area contributed by atoms with Crippen molar-refractivity contribution in [3.8, 4) is 6.01 Å². The monoisotopic (exact) mass is 258 g/mol. The molecular formula is C7H15BF4N4O. The molecule has 10 heteroatoms. The van der Waals surface area contributed by atoms with Gasteiger partial charge in [-0.1, -0.05) is 0 Å². The van der Waals surface area contributed by atoms with Gasteiger partial charge in [-0.05, 0) is 25.5 Å². The van der Waals surface area contributed by atoms with Gasteiger partial charge in [0.2, 0.25) is 0 Å². The first-order valence-electron chi connectivity index (χ1n) is 4.70. The lowest BCUT2D eigenvalue weighted by Gasteiger charge is -2.11. The number of halogens is 4.